The highest BCUT2D eigenvalue weighted by Gasteiger charge is 2.26. The van der Waals surface area contributed by atoms with E-state index in [0.29, 0.717) is 55.3 Å². The number of methoxy groups -OCH3 is 2. The van der Waals surface area contributed by atoms with Crippen molar-refractivity contribution >= 4 is 10.9 Å². The van der Waals surface area contributed by atoms with Crippen LogP contribution >= 0.6 is 0 Å². The first kappa shape index (κ1) is 24.5. The van der Waals surface area contributed by atoms with Crippen LogP contribution in [0.15, 0.2) is 53.3 Å². The van der Waals surface area contributed by atoms with Gasteiger partial charge >= 0.3 is 0 Å². The molecule has 0 saturated heterocycles. The molecule has 0 unspecified atom stereocenters. The van der Waals surface area contributed by atoms with Crippen LogP contribution in [0.25, 0.3) is 10.9 Å². The molecule has 35 heavy (non-hydrogen) atoms. The van der Waals surface area contributed by atoms with Gasteiger partial charge in [0, 0.05) is 31.8 Å². The van der Waals surface area contributed by atoms with Crippen LogP contribution in [-0.4, -0.2) is 50.9 Å². The van der Waals surface area contributed by atoms with Crippen LogP contribution in [0.1, 0.15) is 36.3 Å². The van der Waals surface area contributed by atoms with E-state index in [1.807, 2.05) is 18.2 Å². The first-order valence-electron chi connectivity index (χ1n) is 11.5. The van der Waals surface area contributed by atoms with Crippen LogP contribution in [0.5, 0.6) is 5.75 Å². The van der Waals surface area contributed by atoms with Gasteiger partial charge in [-0.1, -0.05) is 19.1 Å². The van der Waals surface area contributed by atoms with Crippen molar-refractivity contribution in [2.45, 2.75) is 39.0 Å². The van der Waals surface area contributed by atoms with Gasteiger partial charge < -0.3 is 14.5 Å². The van der Waals surface area contributed by atoms with Gasteiger partial charge in [0.1, 0.15) is 11.6 Å². The molecule has 0 radical (unpaired) electrons. The molecule has 0 aliphatic heterocycles. The minimum Gasteiger partial charge on any atom is -0.497 e. The van der Waals surface area contributed by atoms with E-state index >= 15 is 0 Å². The zero-order chi connectivity index (χ0) is 24.8. The predicted octanol–water partition coefficient (Wildman–Crippen LogP) is 3.46. The second kappa shape index (κ2) is 11.2. The van der Waals surface area contributed by atoms with Crippen molar-refractivity contribution < 1.29 is 13.9 Å². The lowest BCUT2D eigenvalue weighted by Crippen LogP contribution is -2.32. The van der Waals surface area contributed by atoms with E-state index in [0.717, 1.165) is 10.9 Å². The van der Waals surface area contributed by atoms with Crippen molar-refractivity contribution in [2.24, 2.45) is 0 Å². The van der Waals surface area contributed by atoms with Crippen molar-refractivity contribution in [1.82, 2.24) is 30.1 Å². The van der Waals surface area contributed by atoms with Crippen LogP contribution in [0.3, 0.4) is 0 Å². The maximum atomic E-state index is 13.5. The number of hydrogen-bond donors (Lipinski definition) is 1. The number of nitrogens with zero attached hydrogens (tertiary/aromatic N) is 5. The molecule has 0 saturated carbocycles. The second-order valence-corrected chi connectivity index (χ2v) is 8.29. The number of aromatic amines is 1. The van der Waals surface area contributed by atoms with Gasteiger partial charge in [0.05, 0.1) is 31.8 Å². The summed E-state index contributed by atoms with van der Waals surface area (Å²) in [7, 11) is 3.22. The molecule has 0 aliphatic rings. The first-order valence-corrected chi connectivity index (χ1v) is 11.5. The molecule has 0 aliphatic carbocycles. The second-order valence-electron chi connectivity index (χ2n) is 8.29. The summed E-state index contributed by atoms with van der Waals surface area (Å²) >= 11 is 0. The van der Waals surface area contributed by atoms with Crippen molar-refractivity contribution in [3.8, 4) is 5.75 Å². The van der Waals surface area contributed by atoms with Crippen LogP contribution in [0.2, 0.25) is 0 Å². The number of hydrogen-bond acceptors (Lipinski definition) is 7. The lowest BCUT2D eigenvalue weighted by atomic mass is 10.1. The zero-order valence-electron chi connectivity index (χ0n) is 20.1. The highest BCUT2D eigenvalue weighted by atomic mass is 19.1. The molecule has 2 heterocycles. The van der Waals surface area contributed by atoms with Gasteiger partial charge in [0.25, 0.3) is 5.56 Å². The number of nitrogens with one attached hydrogen (secondary N) is 1. The number of ether oxygens (including phenoxy) is 2. The summed E-state index contributed by atoms with van der Waals surface area (Å²) in [6.45, 7) is 3.87. The molecule has 1 atom stereocenters. The lowest BCUT2D eigenvalue weighted by molar-refractivity contribution is 0.151. The summed E-state index contributed by atoms with van der Waals surface area (Å²) in [6.07, 6.45) is 0.706. The third-order valence-electron chi connectivity index (χ3n) is 5.99. The molecular formula is C25H29FN6O3. The monoisotopic (exact) mass is 480 g/mol. The molecule has 0 fully saturated rings. The number of benzene rings is 2. The van der Waals surface area contributed by atoms with E-state index in [1.54, 1.807) is 37.1 Å². The van der Waals surface area contributed by atoms with E-state index in [4.69, 9.17) is 9.47 Å². The van der Waals surface area contributed by atoms with E-state index in [2.05, 4.69) is 32.3 Å². The summed E-state index contributed by atoms with van der Waals surface area (Å²) in [4.78, 5) is 18.1. The summed E-state index contributed by atoms with van der Waals surface area (Å²) in [5.74, 6) is 1.07. The summed E-state index contributed by atoms with van der Waals surface area (Å²) < 4.78 is 25.7. The Kier molecular flexibility index (Phi) is 7.84. The molecule has 0 spiro atoms. The van der Waals surface area contributed by atoms with E-state index in [-0.39, 0.29) is 17.4 Å². The molecule has 10 heteroatoms. The van der Waals surface area contributed by atoms with E-state index < -0.39 is 0 Å². The number of halogens is 1. The normalized spacial score (nSPS) is 12.4. The summed E-state index contributed by atoms with van der Waals surface area (Å²) in [5, 5.41) is 13.2. The van der Waals surface area contributed by atoms with Crippen molar-refractivity contribution in [1.29, 1.82) is 0 Å². The minimum atomic E-state index is -0.294. The summed E-state index contributed by atoms with van der Waals surface area (Å²) in [5.41, 5.74) is 2.06. The van der Waals surface area contributed by atoms with Crippen LogP contribution in [-0.2, 0) is 24.4 Å². The fraction of sp³-hybridized carbons (Fsp3) is 0.360. The smallest absolute Gasteiger partial charge is 0.252 e. The number of H-pyrrole nitrogens is 1. The average molecular weight is 481 g/mol. The average Bonchev–Trinajstić information content (AvgIpc) is 3.32. The Hall–Kier alpha value is -3.63. The fourth-order valence-electron chi connectivity index (χ4n) is 4.18. The molecule has 1 N–H and O–H groups in total. The first-order chi connectivity index (χ1) is 17.0. The van der Waals surface area contributed by atoms with Gasteiger partial charge in [0.15, 0.2) is 5.82 Å². The third kappa shape index (κ3) is 5.72. The van der Waals surface area contributed by atoms with Crippen molar-refractivity contribution in [3.63, 3.8) is 0 Å². The van der Waals surface area contributed by atoms with Gasteiger partial charge in [-0.05, 0) is 58.1 Å². The zero-order valence-corrected chi connectivity index (χ0v) is 20.1. The Bertz CT molecular complexity index is 1320. The van der Waals surface area contributed by atoms with E-state index in [9.17, 15) is 9.18 Å². The summed E-state index contributed by atoms with van der Waals surface area (Å²) in [6, 6.07) is 13.7. The van der Waals surface area contributed by atoms with Gasteiger partial charge in [-0.15, -0.1) is 5.10 Å². The maximum Gasteiger partial charge on any atom is 0.252 e. The topological polar surface area (TPSA) is 98.2 Å². The van der Waals surface area contributed by atoms with Gasteiger partial charge in [0.2, 0.25) is 0 Å². The Morgan fingerprint density at radius 2 is 1.91 bits per heavy atom. The molecule has 9 nitrogen and oxygen atoms in total. The Labute approximate surface area is 202 Å². The molecular weight excluding hydrogens is 451 g/mol. The van der Waals surface area contributed by atoms with Gasteiger partial charge in [-0.2, -0.15) is 0 Å². The maximum absolute atomic E-state index is 13.5. The van der Waals surface area contributed by atoms with Gasteiger partial charge in [-0.25, -0.2) is 9.07 Å². The van der Waals surface area contributed by atoms with E-state index in [1.165, 1.54) is 12.1 Å². The largest absolute Gasteiger partial charge is 0.497 e. The number of pyridine rings is 1. The van der Waals surface area contributed by atoms with Crippen molar-refractivity contribution in [2.75, 3.05) is 20.8 Å². The predicted molar refractivity (Wildman–Crippen MR) is 129 cm³/mol. The number of aromatic nitrogens is 5. The van der Waals surface area contributed by atoms with Gasteiger partial charge in [-0.3, -0.25) is 9.69 Å². The Morgan fingerprint density at radius 1 is 1.11 bits per heavy atom. The fourth-order valence-corrected chi connectivity index (χ4v) is 4.18. The lowest BCUT2D eigenvalue weighted by Gasteiger charge is -2.30. The third-order valence-corrected chi connectivity index (χ3v) is 5.99. The molecule has 0 bridgehead atoms. The molecule has 2 aromatic heterocycles. The van der Waals surface area contributed by atoms with Crippen LogP contribution in [0, 0.1) is 5.82 Å². The highest BCUT2D eigenvalue weighted by Crippen LogP contribution is 2.27. The van der Waals surface area contributed by atoms with Crippen LogP contribution in [0.4, 0.5) is 4.39 Å². The SMILES string of the molecule is CC[C@H](c1nnnn1CCOC)N(Cc1ccc(F)cc1)Cc1cc2ccc(OC)cc2[nH]c1=O. The molecule has 4 aromatic rings. The molecule has 0 amide bonds. The number of rotatable bonds is 11. The standard InChI is InChI=1S/C25H29FN6O3/c1-4-23(24-28-29-30-32(24)11-12-34-2)31(15-17-5-8-20(26)9-6-17)16-19-13-18-7-10-21(35-3)14-22(18)27-25(19)33/h5-10,13-14,23H,4,11-12,15-16H2,1-3H3,(H,27,33)/t23-/m1/s1. The number of tetrazole rings is 1. The molecule has 2 aromatic carbocycles. The molecule has 4 rings (SSSR count). The Balaban J connectivity index is 1.71. The quantitative estimate of drug-likeness (QED) is 0.351. The molecule has 184 valence electrons. The Morgan fingerprint density at radius 3 is 2.63 bits per heavy atom. The van der Waals surface area contributed by atoms with Crippen LogP contribution < -0.4 is 10.3 Å². The minimum absolute atomic E-state index is 0.177. The van der Waals surface area contributed by atoms with Crippen molar-refractivity contribution in [3.05, 3.63) is 81.7 Å². The highest BCUT2D eigenvalue weighted by molar-refractivity contribution is 5.80. The number of fused-ring (bicyclic) bond motifs is 1.